The number of nitrogens with two attached hydrogens (primary N) is 1. The number of fused-ring (bicyclic) bond motifs is 1. The van der Waals surface area contributed by atoms with Crippen LogP contribution in [-0.2, 0) is 0 Å². The van der Waals surface area contributed by atoms with E-state index >= 15 is 0 Å². The summed E-state index contributed by atoms with van der Waals surface area (Å²) in [5.41, 5.74) is 6.82. The van der Waals surface area contributed by atoms with E-state index in [0.717, 1.165) is 48.8 Å². The van der Waals surface area contributed by atoms with Crippen LogP contribution < -0.4 is 15.4 Å². The number of nitrogen functional groups attached to an aromatic ring is 1. The number of anilines is 2. The molecule has 0 atom stereocenters. The predicted molar refractivity (Wildman–Crippen MR) is 101 cm³/mol. The lowest BCUT2D eigenvalue weighted by atomic mass is 9.99. The third kappa shape index (κ3) is 3.22. The van der Waals surface area contributed by atoms with Crippen molar-refractivity contribution in [2.75, 3.05) is 23.7 Å². The molecule has 25 heavy (non-hydrogen) atoms. The summed E-state index contributed by atoms with van der Waals surface area (Å²) >= 11 is 0. The predicted octanol–water partition coefficient (Wildman–Crippen LogP) is 4.24. The van der Waals surface area contributed by atoms with Crippen LogP contribution in [0.1, 0.15) is 19.8 Å². The van der Waals surface area contributed by atoms with Gasteiger partial charge in [-0.2, -0.15) is 4.98 Å². The fourth-order valence-corrected chi connectivity index (χ4v) is 3.27. The van der Waals surface area contributed by atoms with Gasteiger partial charge in [-0.1, -0.05) is 37.3 Å². The highest BCUT2D eigenvalue weighted by molar-refractivity contribution is 5.83. The summed E-state index contributed by atoms with van der Waals surface area (Å²) in [6, 6.07) is 14.2. The minimum Gasteiger partial charge on any atom is -0.437 e. The normalized spacial score (nSPS) is 15.5. The second-order valence-electron chi connectivity index (χ2n) is 6.70. The van der Waals surface area contributed by atoms with Crippen LogP contribution in [0, 0.1) is 5.92 Å². The van der Waals surface area contributed by atoms with Crippen molar-refractivity contribution in [3.05, 3.63) is 48.8 Å². The smallest absolute Gasteiger partial charge is 0.248 e. The molecule has 0 bridgehead atoms. The second kappa shape index (κ2) is 6.59. The molecule has 2 heterocycles. The standard InChI is InChI=1S/C20H22N4O/c1-14-8-10-24(11-9-14)19-18(21)20(23-13-22-19)25-17-7-6-15-4-2-3-5-16(15)12-17/h2-7,12-14H,8-11,21H2,1H3. The SMILES string of the molecule is CC1CCN(c2ncnc(Oc3ccc4ccccc4c3)c2N)CC1. The summed E-state index contributed by atoms with van der Waals surface area (Å²) < 4.78 is 5.97. The van der Waals surface area contributed by atoms with Gasteiger partial charge in [0.15, 0.2) is 5.82 Å². The van der Waals surface area contributed by atoms with Gasteiger partial charge in [-0.25, -0.2) is 4.98 Å². The Balaban J connectivity index is 1.60. The summed E-state index contributed by atoms with van der Waals surface area (Å²) in [5.74, 6) is 2.67. The van der Waals surface area contributed by atoms with Crippen molar-refractivity contribution in [1.82, 2.24) is 9.97 Å². The molecule has 1 saturated heterocycles. The van der Waals surface area contributed by atoms with Crippen LogP contribution in [0.5, 0.6) is 11.6 Å². The number of rotatable bonds is 3. The van der Waals surface area contributed by atoms with Crippen molar-refractivity contribution in [1.29, 1.82) is 0 Å². The Bertz CT molecular complexity index is 888. The zero-order valence-electron chi connectivity index (χ0n) is 14.4. The molecule has 5 nitrogen and oxygen atoms in total. The fourth-order valence-electron chi connectivity index (χ4n) is 3.27. The molecule has 0 radical (unpaired) electrons. The number of benzene rings is 2. The van der Waals surface area contributed by atoms with Crippen molar-refractivity contribution in [3.63, 3.8) is 0 Å². The topological polar surface area (TPSA) is 64.3 Å². The molecule has 4 rings (SSSR count). The Morgan fingerprint density at radius 1 is 1.04 bits per heavy atom. The molecule has 1 aromatic heterocycles. The van der Waals surface area contributed by atoms with Crippen molar-refractivity contribution in [2.24, 2.45) is 5.92 Å². The molecule has 0 spiro atoms. The molecule has 1 fully saturated rings. The van der Waals surface area contributed by atoms with E-state index < -0.39 is 0 Å². The minimum atomic E-state index is 0.416. The van der Waals surface area contributed by atoms with Crippen LogP contribution in [0.25, 0.3) is 10.8 Å². The van der Waals surface area contributed by atoms with E-state index in [1.165, 1.54) is 11.7 Å². The molecule has 2 aromatic carbocycles. The average molecular weight is 334 g/mol. The molecular formula is C20H22N4O. The zero-order valence-corrected chi connectivity index (χ0v) is 14.4. The maximum absolute atomic E-state index is 6.32. The highest BCUT2D eigenvalue weighted by atomic mass is 16.5. The van der Waals surface area contributed by atoms with E-state index in [9.17, 15) is 0 Å². The monoisotopic (exact) mass is 334 g/mol. The van der Waals surface area contributed by atoms with Gasteiger partial charge in [0, 0.05) is 13.1 Å². The van der Waals surface area contributed by atoms with E-state index in [1.807, 2.05) is 30.3 Å². The van der Waals surface area contributed by atoms with Crippen molar-refractivity contribution >= 4 is 22.3 Å². The van der Waals surface area contributed by atoms with Gasteiger partial charge in [0.2, 0.25) is 5.88 Å². The Hall–Kier alpha value is -2.82. The molecule has 0 amide bonds. The van der Waals surface area contributed by atoms with Gasteiger partial charge in [-0.3, -0.25) is 0 Å². The van der Waals surface area contributed by atoms with Gasteiger partial charge >= 0.3 is 0 Å². The van der Waals surface area contributed by atoms with Crippen molar-refractivity contribution < 1.29 is 4.74 Å². The van der Waals surface area contributed by atoms with E-state index in [0.29, 0.717) is 11.6 Å². The van der Waals surface area contributed by atoms with Crippen LogP contribution >= 0.6 is 0 Å². The first kappa shape index (κ1) is 15.7. The van der Waals surface area contributed by atoms with E-state index in [-0.39, 0.29) is 0 Å². The Labute approximate surface area is 147 Å². The lowest BCUT2D eigenvalue weighted by Crippen LogP contribution is -2.34. The summed E-state index contributed by atoms with van der Waals surface area (Å²) in [6.45, 7) is 4.23. The highest BCUT2D eigenvalue weighted by Crippen LogP contribution is 2.34. The molecule has 128 valence electrons. The number of nitrogens with zero attached hydrogens (tertiary/aromatic N) is 3. The van der Waals surface area contributed by atoms with Gasteiger partial charge in [0.05, 0.1) is 0 Å². The van der Waals surface area contributed by atoms with E-state index in [1.54, 1.807) is 0 Å². The number of piperidine rings is 1. The van der Waals surface area contributed by atoms with Gasteiger partial charge in [0.1, 0.15) is 17.8 Å². The van der Waals surface area contributed by atoms with Crippen LogP contribution in [-0.4, -0.2) is 23.1 Å². The molecule has 3 aromatic rings. The van der Waals surface area contributed by atoms with Crippen LogP contribution in [0.15, 0.2) is 48.8 Å². The van der Waals surface area contributed by atoms with Crippen molar-refractivity contribution in [3.8, 4) is 11.6 Å². The summed E-state index contributed by atoms with van der Waals surface area (Å²) in [4.78, 5) is 10.9. The summed E-state index contributed by atoms with van der Waals surface area (Å²) in [5, 5.41) is 2.30. The zero-order chi connectivity index (χ0) is 17.2. The largest absolute Gasteiger partial charge is 0.437 e. The molecule has 5 heteroatoms. The molecular weight excluding hydrogens is 312 g/mol. The lowest BCUT2D eigenvalue weighted by molar-refractivity contribution is 0.434. The first-order valence-electron chi connectivity index (χ1n) is 8.73. The molecule has 0 unspecified atom stereocenters. The molecule has 2 N–H and O–H groups in total. The maximum Gasteiger partial charge on any atom is 0.248 e. The lowest BCUT2D eigenvalue weighted by Gasteiger charge is -2.31. The summed E-state index contributed by atoms with van der Waals surface area (Å²) in [6.07, 6.45) is 3.84. The number of ether oxygens (including phenoxy) is 1. The number of hydrogen-bond donors (Lipinski definition) is 1. The quantitative estimate of drug-likeness (QED) is 0.776. The number of hydrogen-bond acceptors (Lipinski definition) is 5. The van der Waals surface area contributed by atoms with E-state index in [2.05, 4.69) is 33.9 Å². The Morgan fingerprint density at radius 2 is 1.80 bits per heavy atom. The van der Waals surface area contributed by atoms with Gasteiger partial charge in [-0.15, -0.1) is 0 Å². The van der Waals surface area contributed by atoms with E-state index in [4.69, 9.17) is 10.5 Å². The van der Waals surface area contributed by atoms with Gasteiger partial charge in [-0.05, 0) is 41.7 Å². The van der Waals surface area contributed by atoms with Crippen LogP contribution in [0.4, 0.5) is 11.5 Å². The third-order valence-electron chi connectivity index (χ3n) is 4.84. The van der Waals surface area contributed by atoms with Crippen LogP contribution in [0.2, 0.25) is 0 Å². The fraction of sp³-hybridized carbons (Fsp3) is 0.300. The van der Waals surface area contributed by atoms with Gasteiger partial charge in [0.25, 0.3) is 0 Å². The molecule has 1 aliphatic rings. The maximum atomic E-state index is 6.32. The first-order chi connectivity index (χ1) is 12.2. The van der Waals surface area contributed by atoms with Crippen LogP contribution in [0.3, 0.4) is 0 Å². The molecule has 0 aliphatic carbocycles. The molecule has 0 saturated carbocycles. The van der Waals surface area contributed by atoms with Gasteiger partial charge < -0.3 is 15.4 Å². The average Bonchev–Trinajstić information content (AvgIpc) is 2.64. The Kier molecular flexibility index (Phi) is 4.14. The summed E-state index contributed by atoms with van der Waals surface area (Å²) in [7, 11) is 0. The highest BCUT2D eigenvalue weighted by Gasteiger charge is 2.21. The minimum absolute atomic E-state index is 0.416. The number of aromatic nitrogens is 2. The third-order valence-corrected chi connectivity index (χ3v) is 4.84. The van der Waals surface area contributed by atoms with Crippen molar-refractivity contribution in [2.45, 2.75) is 19.8 Å². The first-order valence-corrected chi connectivity index (χ1v) is 8.73. The molecule has 1 aliphatic heterocycles. The second-order valence-corrected chi connectivity index (χ2v) is 6.70. The Morgan fingerprint density at radius 3 is 2.60 bits per heavy atom.